The van der Waals surface area contributed by atoms with E-state index in [1.165, 1.54) is 12.1 Å². The highest BCUT2D eigenvalue weighted by atomic mass is 19.1. The third kappa shape index (κ3) is 5.63. The first kappa shape index (κ1) is 17.4. The molecule has 0 radical (unpaired) electrons. The van der Waals surface area contributed by atoms with Gasteiger partial charge in [-0.25, -0.2) is 4.39 Å². The fourth-order valence-corrected chi connectivity index (χ4v) is 2.69. The SMILES string of the molecule is COCCC(=O)N1CCC(NC(=O)Cc2ccc(F)cc2)CC1. The minimum atomic E-state index is -0.306. The zero-order valence-electron chi connectivity index (χ0n) is 13.4. The highest BCUT2D eigenvalue weighted by molar-refractivity contribution is 5.79. The van der Waals surface area contributed by atoms with Gasteiger partial charge >= 0.3 is 0 Å². The molecular weight excluding hydrogens is 299 g/mol. The van der Waals surface area contributed by atoms with Crippen LogP contribution < -0.4 is 5.32 Å². The Hall–Kier alpha value is -1.95. The molecule has 0 bridgehead atoms. The van der Waals surface area contributed by atoms with Crippen molar-refractivity contribution in [1.82, 2.24) is 10.2 Å². The van der Waals surface area contributed by atoms with Crippen LogP contribution >= 0.6 is 0 Å². The van der Waals surface area contributed by atoms with Gasteiger partial charge in [-0.3, -0.25) is 9.59 Å². The van der Waals surface area contributed by atoms with Gasteiger partial charge in [0.15, 0.2) is 0 Å². The van der Waals surface area contributed by atoms with Crippen LogP contribution in [-0.4, -0.2) is 49.6 Å². The minimum absolute atomic E-state index is 0.0687. The van der Waals surface area contributed by atoms with E-state index in [2.05, 4.69) is 5.32 Å². The summed E-state index contributed by atoms with van der Waals surface area (Å²) in [6, 6.07) is 6.03. The average molecular weight is 322 g/mol. The van der Waals surface area contributed by atoms with Gasteiger partial charge in [0.1, 0.15) is 5.82 Å². The van der Waals surface area contributed by atoms with Crippen LogP contribution in [0.25, 0.3) is 0 Å². The van der Waals surface area contributed by atoms with E-state index in [-0.39, 0.29) is 30.1 Å². The lowest BCUT2D eigenvalue weighted by Crippen LogP contribution is -2.47. The number of hydrogen-bond acceptors (Lipinski definition) is 3. The smallest absolute Gasteiger partial charge is 0.224 e. The molecule has 0 spiro atoms. The molecule has 6 heteroatoms. The van der Waals surface area contributed by atoms with E-state index in [1.807, 2.05) is 4.90 Å². The number of nitrogens with zero attached hydrogens (tertiary/aromatic N) is 1. The third-order valence-electron chi connectivity index (χ3n) is 4.01. The molecule has 23 heavy (non-hydrogen) atoms. The molecule has 1 aromatic carbocycles. The maximum Gasteiger partial charge on any atom is 0.224 e. The van der Waals surface area contributed by atoms with Gasteiger partial charge in [0.2, 0.25) is 11.8 Å². The molecule has 0 unspecified atom stereocenters. The summed E-state index contributed by atoms with van der Waals surface area (Å²) in [4.78, 5) is 25.7. The van der Waals surface area contributed by atoms with Gasteiger partial charge < -0.3 is 15.0 Å². The van der Waals surface area contributed by atoms with Gasteiger partial charge in [-0.15, -0.1) is 0 Å². The van der Waals surface area contributed by atoms with Crippen molar-refractivity contribution >= 4 is 11.8 Å². The highest BCUT2D eigenvalue weighted by Crippen LogP contribution is 2.12. The first-order valence-electron chi connectivity index (χ1n) is 7.89. The van der Waals surface area contributed by atoms with Crippen LogP contribution in [0.3, 0.4) is 0 Å². The molecule has 1 N–H and O–H groups in total. The maximum absolute atomic E-state index is 12.8. The number of piperidine rings is 1. The molecule has 2 amide bonds. The first-order valence-corrected chi connectivity index (χ1v) is 7.89. The molecule has 5 nitrogen and oxygen atoms in total. The fraction of sp³-hybridized carbons (Fsp3) is 0.529. The summed E-state index contributed by atoms with van der Waals surface area (Å²) in [5.41, 5.74) is 0.788. The number of amides is 2. The van der Waals surface area contributed by atoms with Crippen molar-refractivity contribution in [3.8, 4) is 0 Å². The number of ether oxygens (including phenoxy) is 1. The Morgan fingerprint density at radius 2 is 1.91 bits per heavy atom. The summed E-state index contributed by atoms with van der Waals surface area (Å²) >= 11 is 0. The van der Waals surface area contributed by atoms with Crippen LogP contribution in [0.2, 0.25) is 0 Å². The van der Waals surface area contributed by atoms with Crippen molar-refractivity contribution in [2.75, 3.05) is 26.8 Å². The largest absolute Gasteiger partial charge is 0.384 e. The minimum Gasteiger partial charge on any atom is -0.384 e. The molecule has 1 aliphatic rings. The summed E-state index contributed by atoms with van der Waals surface area (Å²) < 4.78 is 17.7. The van der Waals surface area contributed by atoms with Crippen LogP contribution in [0.15, 0.2) is 24.3 Å². The normalized spacial score (nSPS) is 15.5. The van der Waals surface area contributed by atoms with Gasteiger partial charge in [-0.1, -0.05) is 12.1 Å². The number of methoxy groups -OCH3 is 1. The zero-order valence-corrected chi connectivity index (χ0v) is 13.4. The summed E-state index contributed by atoms with van der Waals surface area (Å²) in [7, 11) is 1.58. The summed E-state index contributed by atoms with van der Waals surface area (Å²) in [5.74, 6) is -0.275. The van der Waals surface area contributed by atoms with Crippen molar-refractivity contribution < 1.29 is 18.7 Å². The van der Waals surface area contributed by atoms with Crippen molar-refractivity contribution in [2.45, 2.75) is 31.7 Å². The quantitative estimate of drug-likeness (QED) is 0.864. The number of carbonyl (C=O) groups is 2. The van der Waals surface area contributed by atoms with Crippen molar-refractivity contribution in [3.63, 3.8) is 0 Å². The van der Waals surface area contributed by atoms with Crippen LogP contribution in [0.1, 0.15) is 24.8 Å². The van der Waals surface area contributed by atoms with Crippen LogP contribution in [-0.2, 0) is 20.7 Å². The molecule has 0 aromatic heterocycles. The molecule has 1 saturated heterocycles. The Morgan fingerprint density at radius 1 is 1.26 bits per heavy atom. The first-order chi connectivity index (χ1) is 11.1. The second kappa shape index (κ2) is 8.62. The molecule has 0 atom stereocenters. The Kier molecular flexibility index (Phi) is 6.52. The molecule has 1 aliphatic heterocycles. The zero-order chi connectivity index (χ0) is 16.7. The molecule has 1 heterocycles. The summed E-state index contributed by atoms with van der Waals surface area (Å²) in [6.45, 7) is 1.75. The molecule has 126 valence electrons. The second-order valence-electron chi connectivity index (χ2n) is 5.77. The number of likely N-dealkylation sites (tertiary alicyclic amines) is 1. The number of halogens is 1. The van der Waals surface area contributed by atoms with Crippen molar-refractivity contribution in [2.24, 2.45) is 0 Å². The van der Waals surface area contributed by atoms with Crippen LogP contribution in [0.4, 0.5) is 4.39 Å². The number of benzene rings is 1. The van der Waals surface area contributed by atoms with Crippen molar-refractivity contribution in [1.29, 1.82) is 0 Å². The van der Waals surface area contributed by atoms with Gasteiger partial charge in [0.25, 0.3) is 0 Å². The molecular formula is C17H23FN2O3. The maximum atomic E-state index is 12.8. The highest BCUT2D eigenvalue weighted by Gasteiger charge is 2.23. The van der Waals surface area contributed by atoms with Gasteiger partial charge in [-0.2, -0.15) is 0 Å². The van der Waals surface area contributed by atoms with Gasteiger partial charge in [0.05, 0.1) is 19.4 Å². The van der Waals surface area contributed by atoms with E-state index in [9.17, 15) is 14.0 Å². The summed E-state index contributed by atoms with van der Waals surface area (Å²) in [5, 5.41) is 2.99. The van der Waals surface area contributed by atoms with E-state index in [0.717, 1.165) is 18.4 Å². The lowest BCUT2D eigenvalue weighted by Gasteiger charge is -2.32. The molecule has 0 saturated carbocycles. The topological polar surface area (TPSA) is 58.6 Å². The van der Waals surface area contributed by atoms with Crippen LogP contribution in [0, 0.1) is 5.82 Å². The molecule has 0 aliphatic carbocycles. The number of rotatable bonds is 6. The average Bonchev–Trinajstić information content (AvgIpc) is 2.55. The van der Waals surface area contributed by atoms with Crippen LogP contribution in [0.5, 0.6) is 0 Å². The standard InChI is InChI=1S/C17H23FN2O3/c1-23-11-8-17(22)20-9-6-15(7-10-20)19-16(21)12-13-2-4-14(18)5-3-13/h2-5,15H,6-12H2,1H3,(H,19,21). The number of hydrogen-bond donors (Lipinski definition) is 1. The monoisotopic (exact) mass is 322 g/mol. The third-order valence-corrected chi connectivity index (χ3v) is 4.01. The van der Waals surface area contributed by atoms with Crippen molar-refractivity contribution in [3.05, 3.63) is 35.6 Å². The summed E-state index contributed by atoms with van der Waals surface area (Å²) in [6.07, 6.45) is 2.16. The van der Waals surface area contributed by atoms with E-state index in [1.54, 1.807) is 19.2 Å². The lowest BCUT2D eigenvalue weighted by molar-refractivity contribution is -0.133. The van der Waals surface area contributed by atoms with Gasteiger partial charge in [0, 0.05) is 26.2 Å². The Morgan fingerprint density at radius 3 is 2.52 bits per heavy atom. The second-order valence-corrected chi connectivity index (χ2v) is 5.77. The predicted octanol–water partition coefficient (Wildman–Crippen LogP) is 1.51. The lowest BCUT2D eigenvalue weighted by atomic mass is 10.0. The van der Waals surface area contributed by atoms with Gasteiger partial charge in [-0.05, 0) is 30.5 Å². The van der Waals surface area contributed by atoms with E-state index >= 15 is 0 Å². The fourth-order valence-electron chi connectivity index (χ4n) is 2.69. The number of nitrogens with one attached hydrogen (secondary N) is 1. The van der Waals surface area contributed by atoms with E-state index in [4.69, 9.17) is 4.74 Å². The molecule has 2 rings (SSSR count). The van der Waals surface area contributed by atoms with E-state index in [0.29, 0.717) is 26.1 Å². The molecule has 1 fully saturated rings. The van der Waals surface area contributed by atoms with E-state index < -0.39 is 0 Å². The number of carbonyl (C=O) groups excluding carboxylic acids is 2. The Balaban J connectivity index is 1.72. The Labute approximate surface area is 135 Å². The predicted molar refractivity (Wildman–Crippen MR) is 84.3 cm³/mol. The molecule has 1 aromatic rings. The Bertz CT molecular complexity index is 525.